The molecule has 19 heavy (non-hydrogen) atoms. The zero-order chi connectivity index (χ0) is 13.4. The first-order valence-electron chi connectivity index (χ1n) is 6.80. The maximum atomic E-state index is 8.11. The van der Waals surface area contributed by atoms with Gasteiger partial charge in [0, 0.05) is 29.6 Å². The third-order valence-electron chi connectivity index (χ3n) is 3.63. The summed E-state index contributed by atoms with van der Waals surface area (Å²) < 4.78 is 0. The molecule has 2 N–H and O–H groups in total. The number of thioether (sulfide) groups is 1. The number of fused-ring (bicyclic) bond motifs is 3. The Morgan fingerprint density at radius 3 is 3.11 bits per heavy atom. The molecule has 0 spiro atoms. The Hall–Kier alpha value is -1.42. The van der Waals surface area contributed by atoms with Crippen LogP contribution in [0.15, 0.2) is 30.0 Å². The number of nitrogens with zero attached hydrogens (tertiary/aromatic N) is 1. The molecule has 2 heterocycles. The van der Waals surface area contributed by atoms with Gasteiger partial charge < -0.3 is 5.32 Å². The Kier molecular flexibility index (Phi) is 3.27. The first-order chi connectivity index (χ1) is 9.20. The third kappa shape index (κ3) is 2.14. The van der Waals surface area contributed by atoms with Gasteiger partial charge in [0.15, 0.2) is 5.17 Å². The van der Waals surface area contributed by atoms with Crippen molar-refractivity contribution in [1.82, 2.24) is 0 Å². The first kappa shape index (κ1) is 12.6. The summed E-state index contributed by atoms with van der Waals surface area (Å²) in [7, 11) is 0. The van der Waals surface area contributed by atoms with Crippen LogP contribution >= 0.6 is 11.8 Å². The molecule has 0 aromatic heterocycles. The number of hydrogen-bond acceptors (Lipinski definition) is 3. The van der Waals surface area contributed by atoms with Crippen molar-refractivity contribution in [3.63, 3.8) is 0 Å². The second-order valence-corrected chi connectivity index (χ2v) is 6.04. The minimum Gasteiger partial charge on any atom is -0.385 e. The largest absolute Gasteiger partial charge is 0.385 e. The summed E-state index contributed by atoms with van der Waals surface area (Å²) >= 11 is 1.61. The molecule has 1 aromatic rings. The van der Waals surface area contributed by atoms with E-state index in [1.54, 1.807) is 11.8 Å². The Morgan fingerprint density at radius 2 is 2.32 bits per heavy atom. The standard InChI is InChI=1S/C15H19N3S/c1-3-6-17-11-4-5-13-10(2)7-12-9-19-15(16)18(12)14(13)8-11/h4-5,7-8,10,16-17H,3,6,9H2,1-2H3. The maximum absolute atomic E-state index is 8.11. The fourth-order valence-electron chi connectivity index (χ4n) is 2.67. The average Bonchev–Trinajstić information content (AvgIpc) is 2.78. The number of amidine groups is 1. The summed E-state index contributed by atoms with van der Waals surface area (Å²) in [6.45, 7) is 5.39. The molecule has 100 valence electrons. The monoisotopic (exact) mass is 273 g/mol. The Balaban J connectivity index is 2.01. The molecule has 2 aliphatic heterocycles. The van der Waals surface area contributed by atoms with Gasteiger partial charge in [-0.2, -0.15) is 0 Å². The molecule has 0 bridgehead atoms. The number of allylic oxidation sites excluding steroid dienone is 1. The van der Waals surface area contributed by atoms with Crippen molar-refractivity contribution in [2.75, 3.05) is 22.5 Å². The smallest absolute Gasteiger partial charge is 0.165 e. The topological polar surface area (TPSA) is 39.1 Å². The Morgan fingerprint density at radius 1 is 1.47 bits per heavy atom. The summed E-state index contributed by atoms with van der Waals surface area (Å²) in [6.07, 6.45) is 3.41. The van der Waals surface area contributed by atoms with Crippen LogP contribution in [0.2, 0.25) is 0 Å². The van der Waals surface area contributed by atoms with Gasteiger partial charge in [0.25, 0.3) is 0 Å². The van der Waals surface area contributed by atoms with Crippen LogP contribution in [0.25, 0.3) is 0 Å². The minimum atomic E-state index is 0.438. The van der Waals surface area contributed by atoms with Gasteiger partial charge in [-0.15, -0.1) is 0 Å². The molecule has 3 rings (SSSR count). The van der Waals surface area contributed by atoms with Crippen LogP contribution in [-0.4, -0.2) is 17.5 Å². The fourth-order valence-corrected chi connectivity index (χ4v) is 3.52. The van der Waals surface area contributed by atoms with Crippen LogP contribution in [0.5, 0.6) is 0 Å². The van der Waals surface area contributed by atoms with Crippen LogP contribution < -0.4 is 10.2 Å². The highest BCUT2D eigenvalue weighted by Crippen LogP contribution is 2.43. The Bertz CT molecular complexity index is 550. The van der Waals surface area contributed by atoms with Crippen LogP contribution in [0.3, 0.4) is 0 Å². The van der Waals surface area contributed by atoms with Crippen molar-refractivity contribution in [3.8, 4) is 0 Å². The highest BCUT2D eigenvalue weighted by molar-refractivity contribution is 8.14. The van der Waals surface area contributed by atoms with Crippen molar-refractivity contribution < 1.29 is 0 Å². The number of hydrogen-bond donors (Lipinski definition) is 2. The third-order valence-corrected chi connectivity index (χ3v) is 4.53. The lowest BCUT2D eigenvalue weighted by molar-refractivity contribution is 0.914. The van der Waals surface area contributed by atoms with E-state index < -0.39 is 0 Å². The van der Waals surface area contributed by atoms with Crippen LogP contribution in [0.4, 0.5) is 11.4 Å². The van der Waals surface area contributed by atoms with E-state index in [-0.39, 0.29) is 0 Å². The van der Waals surface area contributed by atoms with Crippen LogP contribution in [0.1, 0.15) is 31.7 Å². The van der Waals surface area contributed by atoms with E-state index in [2.05, 4.69) is 48.3 Å². The molecular weight excluding hydrogens is 254 g/mol. The molecule has 0 radical (unpaired) electrons. The number of nitrogens with one attached hydrogen (secondary N) is 2. The lowest BCUT2D eigenvalue weighted by atomic mass is 9.93. The molecule has 0 amide bonds. The maximum Gasteiger partial charge on any atom is 0.165 e. The number of anilines is 2. The van der Waals surface area contributed by atoms with E-state index in [1.807, 2.05) is 0 Å². The van der Waals surface area contributed by atoms with Gasteiger partial charge in [-0.1, -0.05) is 37.8 Å². The van der Waals surface area contributed by atoms with Crippen molar-refractivity contribution >= 4 is 28.3 Å². The predicted octanol–water partition coefficient (Wildman–Crippen LogP) is 4.00. The molecule has 2 aliphatic rings. The Labute approximate surface area is 118 Å². The van der Waals surface area contributed by atoms with Crippen molar-refractivity contribution in [2.24, 2.45) is 0 Å². The lowest BCUT2D eigenvalue weighted by Gasteiger charge is -2.30. The van der Waals surface area contributed by atoms with E-state index in [4.69, 9.17) is 5.41 Å². The molecule has 1 atom stereocenters. The van der Waals surface area contributed by atoms with E-state index >= 15 is 0 Å². The summed E-state index contributed by atoms with van der Waals surface area (Å²) in [5.41, 5.74) is 4.92. The van der Waals surface area contributed by atoms with Crippen molar-refractivity contribution in [2.45, 2.75) is 26.2 Å². The van der Waals surface area contributed by atoms with Crippen molar-refractivity contribution in [3.05, 3.63) is 35.5 Å². The second-order valence-electron chi connectivity index (χ2n) is 5.08. The summed E-state index contributed by atoms with van der Waals surface area (Å²) in [5, 5.41) is 12.2. The highest BCUT2D eigenvalue weighted by Gasteiger charge is 2.31. The summed E-state index contributed by atoms with van der Waals surface area (Å²) in [6, 6.07) is 6.53. The molecule has 1 aromatic carbocycles. The van der Waals surface area contributed by atoms with E-state index in [0.717, 1.165) is 24.4 Å². The number of rotatable bonds is 3. The summed E-state index contributed by atoms with van der Waals surface area (Å²) in [5.74, 6) is 1.36. The molecule has 0 saturated carbocycles. The van der Waals surface area contributed by atoms with Crippen molar-refractivity contribution in [1.29, 1.82) is 5.41 Å². The quantitative estimate of drug-likeness (QED) is 0.874. The van der Waals surface area contributed by atoms with Crippen LogP contribution in [0, 0.1) is 5.41 Å². The van der Waals surface area contributed by atoms with E-state index in [0.29, 0.717) is 11.1 Å². The molecular formula is C15H19N3S. The fraction of sp³-hybridized carbons (Fsp3) is 0.400. The lowest BCUT2D eigenvalue weighted by Crippen LogP contribution is -2.26. The van der Waals surface area contributed by atoms with Gasteiger partial charge in [0.1, 0.15) is 0 Å². The second kappa shape index (κ2) is 4.93. The average molecular weight is 273 g/mol. The van der Waals surface area contributed by atoms with Gasteiger partial charge in [-0.3, -0.25) is 10.3 Å². The van der Waals surface area contributed by atoms with Gasteiger partial charge in [-0.05, 0) is 24.1 Å². The molecule has 0 aliphatic carbocycles. The molecule has 3 nitrogen and oxygen atoms in total. The van der Waals surface area contributed by atoms with Gasteiger partial charge in [0.2, 0.25) is 0 Å². The molecule has 1 unspecified atom stereocenters. The highest BCUT2D eigenvalue weighted by atomic mass is 32.2. The van der Waals surface area contributed by atoms with Gasteiger partial charge >= 0.3 is 0 Å². The molecule has 1 saturated heterocycles. The predicted molar refractivity (Wildman–Crippen MR) is 84.4 cm³/mol. The molecule has 4 heteroatoms. The van der Waals surface area contributed by atoms with Gasteiger partial charge in [-0.25, -0.2) is 0 Å². The van der Waals surface area contributed by atoms with Crippen LogP contribution in [-0.2, 0) is 0 Å². The normalized spacial score (nSPS) is 20.9. The van der Waals surface area contributed by atoms with E-state index in [1.165, 1.54) is 16.9 Å². The summed E-state index contributed by atoms with van der Waals surface area (Å²) in [4.78, 5) is 2.09. The zero-order valence-corrected chi connectivity index (χ0v) is 12.2. The first-order valence-corrected chi connectivity index (χ1v) is 7.79. The van der Waals surface area contributed by atoms with Gasteiger partial charge in [0.05, 0.1) is 5.69 Å². The minimum absolute atomic E-state index is 0.438. The SMILES string of the molecule is CCCNc1ccc2c(c1)N1C(=N)SCC1=CC2C. The zero-order valence-electron chi connectivity index (χ0n) is 11.4. The van der Waals surface area contributed by atoms with E-state index in [9.17, 15) is 0 Å². The molecule has 1 fully saturated rings. The number of benzene rings is 1.